The Bertz CT molecular complexity index is 493. The molecule has 1 aromatic heterocycles. The van der Waals surface area contributed by atoms with Crippen LogP contribution in [0.2, 0.25) is 0 Å². The molecule has 2 rings (SSSR count). The van der Waals surface area contributed by atoms with Crippen LogP contribution in [0.5, 0.6) is 0 Å². The van der Waals surface area contributed by atoms with Crippen molar-refractivity contribution in [2.75, 3.05) is 0 Å². The van der Waals surface area contributed by atoms with Gasteiger partial charge in [0.1, 0.15) is 0 Å². The summed E-state index contributed by atoms with van der Waals surface area (Å²) < 4.78 is 2.00. The maximum Gasteiger partial charge on any atom is 0.181 e. The summed E-state index contributed by atoms with van der Waals surface area (Å²) in [7, 11) is 0. The topological polar surface area (TPSA) is 22.0 Å². The van der Waals surface area contributed by atoms with E-state index in [1.807, 2.05) is 29.1 Å². The molecule has 2 heteroatoms. The highest BCUT2D eigenvalue weighted by molar-refractivity contribution is 5.25. The van der Waals surface area contributed by atoms with Crippen LogP contribution in [-0.2, 0) is 6.54 Å². The molecule has 0 aliphatic carbocycles. The van der Waals surface area contributed by atoms with Crippen molar-refractivity contribution >= 4 is 0 Å². The first-order chi connectivity index (χ1) is 7.25. The van der Waals surface area contributed by atoms with Crippen LogP contribution in [0.15, 0.2) is 53.6 Å². The summed E-state index contributed by atoms with van der Waals surface area (Å²) in [5, 5.41) is 0. The first-order valence-corrected chi connectivity index (χ1v) is 4.96. The Morgan fingerprint density at radius 1 is 1.07 bits per heavy atom. The number of benzene rings is 1. The van der Waals surface area contributed by atoms with Gasteiger partial charge in [-0.1, -0.05) is 24.3 Å². The van der Waals surface area contributed by atoms with Gasteiger partial charge in [0, 0.05) is 31.1 Å². The number of aryl methyl sites for hydroxylation is 1. The zero-order valence-electron chi connectivity index (χ0n) is 8.68. The molecule has 0 atom stereocenters. The molecule has 2 nitrogen and oxygen atoms in total. The summed E-state index contributed by atoms with van der Waals surface area (Å²) >= 11 is 0. The van der Waals surface area contributed by atoms with Crippen molar-refractivity contribution in [2.24, 2.45) is 0 Å². The molecule has 1 heterocycles. The molecule has 0 saturated carbocycles. The predicted molar refractivity (Wildman–Crippen MR) is 61.0 cm³/mol. The Morgan fingerprint density at radius 3 is 2.40 bits per heavy atom. The molecule has 0 aliphatic rings. The van der Waals surface area contributed by atoms with Crippen molar-refractivity contribution in [2.45, 2.75) is 13.5 Å². The van der Waals surface area contributed by atoms with E-state index in [4.69, 9.17) is 0 Å². The normalized spacial score (nSPS) is 10.2. The van der Waals surface area contributed by atoms with E-state index in [1.54, 1.807) is 12.1 Å². The third-order valence-electron chi connectivity index (χ3n) is 2.47. The first-order valence-electron chi connectivity index (χ1n) is 4.96. The van der Waals surface area contributed by atoms with E-state index in [2.05, 4.69) is 19.1 Å². The largest absolute Gasteiger partial charge is 0.350 e. The van der Waals surface area contributed by atoms with Crippen molar-refractivity contribution in [3.63, 3.8) is 0 Å². The Hall–Kier alpha value is -1.83. The average Bonchev–Trinajstić information content (AvgIpc) is 2.25. The second-order valence-electron chi connectivity index (χ2n) is 3.63. The Kier molecular flexibility index (Phi) is 2.68. The van der Waals surface area contributed by atoms with Crippen LogP contribution in [0.1, 0.15) is 11.1 Å². The van der Waals surface area contributed by atoms with Crippen molar-refractivity contribution in [1.29, 1.82) is 0 Å². The Morgan fingerprint density at radius 2 is 1.73 bits per heavy atom. The lowest BCUT2D eigenvalue weighted by molar-refractivity contribution is 0.784. The van der Waals surface area contributed by atoms with Gasteiger partial charge >= 0.3 is 0 Å². The molecule has 0 spiro atoms. The smallest absolute Gasteiger partial charge is 0.181 e. The third kappa shape index (κ3) is 2.34. The van der Waals surface area contributed by atoms with E-state index in [0.29, 0.717) is 0 Å². The fourth-order valence-corrected chi connectivity index (χ4v) is 1.53. The molecule has 2 aromatic rings. The third-order valence-corrected chi connectivity index (χ3v) is 2.47. The molecule has 0 amide bonds. The number of hydrogen-bond donors (Lipinski definition) is 0. The molecule has 0 fully saturated rings. The first kappa shape index (κ1) is 9.71. The summed E-state index contributed by atoms with van der Waals surface area (Å²) in [5.74, 6) is 0. The summed E-state index contributed by atoms with van der Waals surface area (Å²) in [5.41, 5.74) is 2.60. The van der Waals surface area contributed by atoms with Gasteiger partial charge in [0.25, 0.3) is 0 Å². The molecule has 0 N–H and O–H groups in total. The van der Waals surface area contributed by atoms with Gasteiger partial charge in [0.15, 0.2) is 5.43 Å². The minimum Gasteiger partial charge on any atom is -0.350 e. The fourth-order valence-electron chi connectivity index (χ4n) is 1.53. The van der Waals surface area contributed by atoms with E-state index in [1.165, 1.54) is 11.1 Å². The van der Waals surface area contributed by atoms with Crippen LogP contribution in [0, 0.1) is 6.92 Å². The minimum absolute atomic E-state index is 0.0519. The van der Waals surface area contributed by atoms with E-state index in [-0.39, 0.29) is 5.43 Å². The van der Waals surface area contributed by atoms with Crippen LogP contribution in [0.25, 0.3) is 0 Å². The molecule has 15 heavy (non-hydrogen) atoms. The lowest BCUT2D eigenvalue weighted by Crippen LogP contribution is -2.05. The van der Waals surface area contributed by atoms with E-state index in [0.717, 1.165) is 6.54 Å². The number of hydrogen-bond acceptors (Lipinski definition) is 1. The minimum atomic E-state index is 0.0519. The number of nitrogens with zero attached hydrogens (tertiary/aromatic N) is 1. The van der Waals surface area contributed by atoms with Gasteiger partial charge in [-0.05, 0) is 18.1 Å². The lowest BCUT2D eigenvalue weighted by Gasteiger charge is -2.08. The maximum atomic E-state index is 10.9. The molecule has 0 bridgehead atoms. The molecule has 0 aliphatic heterocycles. The fraction of sp³-hybridized carbons (Fsp3) is 0.154. The maximum absolute atomic E-state index is 10.9. The molecule has 1 aromatic carbocycles. The van der Waals surface area contributed by atoms with Crippen molar-refractivity contribution < 1.29 is 0 Å². The molecular formula is C13H13NO. The average molecular weight is 199 g/mol. The van der Waals surface area contributed by atoms with E-state index in [9.17, 15) is 4.79 Å². The zero-order chi connectivity index (χ0) is 10.7. The second-order valence-corrected chi connectivity index (χ2v) is 3.63. The lowest BCUT2D eigenvalue weighted by atomic mass is 10.1. The summed E-state index contributed by atoms with van der Waals surface area (Å²) in [6.45, 7) is 2.91. The Labute approximate surface area is 88.8 Å². The number of aromatic nitrogens is 1. The monoisotopic (exact) mass is 199 g/mol. The molecule has 0 radical (unpaired) electrons. The van der Waals surface area contributed by atoms with Crippen molar-refractivity contribution in [3.05, 3.63) is 70.1 Å². The van der Waals surface area contributed by atoms with Crippen LogP contribution >= 0.6 is 0 Å². The predicted octanol–water partition coefficient (Wildman–Crippen LogP) is 2.21. The van der Waals surface area contributed by atoms with E-state index < -0.39 is 0 Å². The van der Waals surface area contributed by atoms with E-state index >= 15 is 0 Å². The molecule has 76 valence electrons. The van der Waals surface area contributed by atoms with Crippen LogP contribution in [0.3, 0.4) is 0 Å². The van der Waals surface area contributed by atoms with Gasteiger partial charge in [-0.15, -0.1) is 0 Å². The Balaban J connectivity index is 2.26. The van der Waals surface area contributed by atoms with Gasteiger partial charge in [-0.3, -0.25) is 4.79 Å². The molecular weight excluding hydrogens is 186 g/mol. The van der Waals surface area contributed by atoms with Crippen LogP contribution < -0.4 is 5.43 Å². The number of pyridine rings is 1. The second kappa shape index (κ2) is 4.13. The SMILES string of the molecule is Cc1ccccc1Cn1ccc(=O)cc1. The summed E-state index contributed by atoms with van der Waals surface area (Å²) in [6.07, 6.45) is 3.63. The number of rotatable bonds is 2. The quantitative estimate of drug-likeness (QED) is 0.726. The van der Waals surface area contributed by atoms with Gasteiger partial charge in [-0.25, -0.2) is 0 Å². The molecule has 0 saturated heterocycles. The molecule has 0 unspecified atom stereocenters. The highest BCUT2D eigenvalue weighted by atomic mass is 16.1. The standard InChI is InChI=1S/C13H13NO/c1-11-4-2-3-5-12(11)10-14-8-6-13(15)7-9-14/h2-9H,10H2,1H3. The van der Waals surface area contributed by atoms with Crippen molar-refractivity contribution in [1.82, 2.24) is 4.57 Å². The van der Waals surface area contributed by atoms with Gasteiger partial charge in [0.05, 0.1) is 0 Å². The highest BCUT2D eigenvalue weighted by Gasteiger charge is 1.96. The van der Waals surface area contributed by atoms with Crippen LogP contribution in [-0.4, -0.2) is 4.57 Å². The zero-order valence-corrected chi connectivity index (χ0v) is 8.68. The van der Waals surface area contributed by atoms with Crippen molar-refractivity contribution in [3.8, 4) is 0 Å². The summed E-state index contributed by atoms with van der Waals surface area (Å²) in [6, 6.07) is 11.4. The van der Waals surface area contributed by atoms with Gasteiger partial charge in [0.2, 0.25) is 0 Å². The van der Waals surface area contributed by atoms with Gasteiger partial charge < -0.3 is 4.57 Å². The highest BCUT2D eigenvalue weighted by Crippen LogP contribution is 2.08. The summed E-state index contributed by atoms with van der Waals surface area (Å²) in [4.78, 5) is 10.9. The van der Waals surface area contributed by atoms with Gasteiger partial charge in [-0.2, -0.15) is 0 Å². The van der Waals surface area contributed by atoms with Crippen LogP contribution in [0.4, 0.5) is 0 Å².